The third-order valence-electron chi connectivity index (χ3n) is 3.65. The first-order chi connectivity index (χ1) is 8.99. The molecule has 1 fully saturated rings. The van der Waals surface area contributed by atoms with Crippen LogP contribution in [0.4, 0.5) is 0 Å². The van der Waals surface area contributed by atoms with E-state index in [9.17, 15) is 14.9 Å². The molecule has 0 radical (unpaired) electrons. The predicted octanol–water partition coefficient (Wildman–Crippen LogP) is 2.26. The molecule has 1 rings (SSSR count). The highest BCUT2D eigenvalue weighted by Gasteiger charge is 2.22. The lowest BCUT2D eigenvalue weighted by molar-refractivity contribution is -0.754. The van der Waals surface area contributed by atoms with Gasteiger partial charge in [-0.2, -0.15) is 0 Å². The summed E-state index contributed by atoms with van der Waals surface area (Å²) in [5.41, 5.74) is 0. The molecule has 1 amide bonds. The summed E-state index contributed by atoms with van der Waals surface area (Å²) in [6.07, 6.45) is 5.74. The Bertz CT molecular complexity index is 299. The highest BCUT2D eigenvalue weighted by Crippen LogP contribution is 2.23. The molecule has 1 heterocycles. The first-order valence-corrected chi connectivity index (χ1v) is 7.04. The average molecular weight is 272 g/mol. The Morgan fingerprint density at radius 1 is 1.42 bits per heavy atom. The van der Waals surface area contributed by atoms with E-state index in [0.29, 0.717) is 19.0 Å². The zero-order valence-corrected chi connectivity index (χ0v) is 11.8. The van der Waals surface area contributed by atoms with Crippen molar-refractivity contribution < 1.29 is 14.7 Å². The third-order valence-corrected chi connectivity index (χ3v) is 3.65. The highest BCUT2D eigenvalue weighted by atomic mass is 16.9. The molecule has 0 bridgehead atoms. The van der Waals surface area contributed by atoms with Gasteiger partial charge >= 0.3 is 0 Å². The molecule has 110 valence electrons. The summed E-state index contributed by atoms with van der Waals surface area (Å²) in [6, 6.07) is 0. The third kappa shape index (κ3) is 6.40. The number of rotatable bonds is 7. The largest absolute Gasteiger partial charge is 0.341 e. The van der Waals surface area contributed by atoms with Crippen LogP contribution >= 0.6 is 0 Å². The van der Waals surface area contributed by atoms with E-state index in [4.69, 9.17) is 0 Å². The van der Waals surface area contributed by atoms with Crippen molar-refractivity contribution in [3.8, 4) is 0 Å². The number of nitrogens with zero attached hydrogens (tertiary/aromatic N) is 2. The normalized spacial score (nSPS) is 16.7. The van der Waals surface area contributed by atoms with Gasteiger partial charge in [0.15, 0.2) is 6.61 Å². The number of likely N-dealkylation sites (tertiary alicyclic amines) is 1. The number of hydrogen-bond donors (Lipinski definition) is 0. The number of carbonyl (C=O) groups excluding carboxylic acids is 1. The summed E-state index contributed by atoms with van der Waals surface area (Å²) < 4.78 is 0. The molecule has 0 unspecified atom stereocenters. The van der Waals surface area contributed by atoms with Gasteiger partial charge in [-0.25, -0.2) is 0 Å². The van der Waals surface area contributed by atoms with Crippen LogP contribution < -0.4 is 0 Å². The second kappa shape index (κ2) is 7.96. The molecule has 0 saturated carbocycles. The maximum absolute atomic E-state index is 11.6. The first-order valence-electron chi connectivity index (χ1n) is 7.04. The first kappa shape index (κ1) is 15.7. The van der Waals surface area contributed by atoms with Crippen LogP contribution in [0.3, 0.4) is 0 Å². The minimum Gasteiger partial charge on any atom is -0.341 e. The molecule has 6 heteroatoms. The van der Waals surface area contributed by atoms with E-state index in [1.807, 2.05) is 0 Å². The van der Waals surface area contributed by atoms with Gasteiger partial charge in [0.2, 0.25) is 5.91 Å². The molecule has 0 N–H and O–H groups in total. The van der Waals surface area contributed by atoms with Gasteiger partial charge in [-0.05, 0) is 24.7 Å². The lowest BCUT2D eigenvalue weighted by Crippen LogP contribution is -2.40. The van der Waals surface area contributed by atoms with Gasteiger partial charge in [-0.1, -0.05) is 33.1 Å². The summed E-state index contributed by atoms with van der Waals surface area (Å²) in [5.74, 6) is 1.16. The van der Waals surface area contributed by atoms with Crippen LogP contribution in [-0.4, -0.2) is 35.6 Å². The van der Waals surface area contributed by atoms with Crippen LogP contribution in [0.25, 0.3) is 0 Å². The number of piperidine rings is 1. The van der Waals surface area contributed by atoms with E-state index < -0.39 is 11.7 Å². The molecule has 6 nitrogen and oxygen atoms in total. The Morgan fingerprint density at radius 3 is 2.58 bits per heavy atom. The van der Waals surface area contributed by atoms with Gasteiger partial charge in [0.25, 0.3) is 5.09 Å². The summed E-state index contributed by atoms with van der Waals surface area (Å²) in [7, 11) is 0. The molecule has 0 aromatic carbocycles. The molecular formula is C13H24N2O4. The molecule has 0 aromatic rings. The van der Waals surface area contributed by atoms with E-state index in [1.54, 1.807) is 4.90 Å². The Kier molecular flexibility index (Phi) is 6.59. The van der Waals surface area contributed by atoms with Gasteiger partial charge < -0.3 is 9.74 Å². The Morgan fingerprint density at radius 2 is 2.05 bits per heavy atom. The van der Waals surface area contributed by atoms with Crippen LogP contribution in [0.15, 0.2) is 0 Å². The van der Waals surface area contributed by atoms with Gasteiger partial charge in [-0.15, -0.1) is 10.1 Å². The van der Waals surface area contributed by atoms with Crippen LogP contribution in [0.1, 0.15) is 46.0 Å². The van der Waals surface area contributed by atoms with Gasteiger partial charge in [-0.3, -0.25) is 4.79 Å². The summed E-state index contributed by atoms with van der Waals surface area (Å²) >= 11 is 0. The molecule has 1 saturated heterocycles. The van der Waals surface area contributed by atoms with Gasteiger partial charge in [0.1, 0.15) is 0 Å². The van der Waals surface area contributed by atoms with Crippen molar-refractivity contribution in [1.29, 1.82) is 0 Å². The SMILES string of the molecule is CC(C)CCCC1CCN(C(=O)CO[N+](=O)[O-])CC1. The van der Waals surface area contributed by atoms with Crippen molar-refractivity contribution in [3.05, 3.63) is 10.1 Å². The monoisotopic (exact) mass is 272 g/mol. The number of carbonyl (C=O) groups is 1. The summed E-state index contributed by atoms with van der Waals surface area (Å²) in [6.45, 7) is 5.41. The standard InChI is InChI=1S/C13H24N2O4/c1-11(2)4-3-5-12-6-8-14(9-7-12)13(16)10-19-15(17)18/h11-12H,3-10H2,1-2H3. The average Bonchev–Trinajstić information content (AvgIpc) is 2.36. The van der Waals surface area contributed by atoms with Crippen LogP contribution in [-0.2, 0) is 9.63 Å². The second-order valence-electron chi connectivity index (χ2n) is 5.65. The molecular weight excluding hydrogens is 248 g/mol. The van der Waals surface area contributed by atoms with Crippen molar-refractivity contribution in [2.45, 2.75) is 46.0 Å². The molecule has 0 aliphatic carbocycles. The van der Waals surface area contributed by atoms with Crippen molar-refractivity contribution >= 4 is 5.91 Å². The number of hydrogen-bond acceptors (Lipinski definition) is 4. The van der Waals surface area contributed by atoms with E-state index in [1.165, 1.54) is 19.3 Å². The lowest BCUT2D eigenvalue weighted by Gasteiger charge is -2.32. The fraction of sp³-hybridized carbons (Fsp3) is 0.923. The van der Waals surface area contributed by atoms with Crippen molar-refractivity contribution in [3.63, 3.8) is 0 Å². The molecule has 0 aromatic heterocycles. The Hall–Kier alpha value is -1.33. The van der Waals surface area contributed by atoms with E-state index in [-0.39, 0.29) is 5.91 Å². The van der Waals surface area contributed by atoms with Crippen LogP contribution in [0.5, 0.6) is 0 Å². The van der Waals surface area contributed by atoms with Crippen molar-refractivity contribution in [2.24, 2.45) is 11.8 Å². The zero-order valence-electron chi connectivity index (χ0n) is 11.8. The highest BCUT2D eigenvalue weighted by molar-refractivity contribution is 5.77. The summed E-state index contributed by atoms with van der Waals surface area (Å²) in [5, 5.41) is 9.10. The van der Waals surface area contributed by atoms with E-state index >= 15 is 0 Å². The fourth-order valence-corrected chi connectivity index (χ4v) is 2.49. The van der Waals surface area contributed by atoms with Crippen LogP contribution in [0, 0.1) is 22.0 Å². The maximum atomic E-state index is 11.6. The van der Waals surface area contributed by atoms with Gasteiger partial charge in [0.05, 0.1) is 0 Å². The Labute approximate surface area is 114 Å². The predicted molar refractivity (Wildman–Crippen MR) is 70.9 cm³/mol. The van der Waals surface area contributed by atoms with Crippen molar-refractivity contribution in [2.75, 3.05) is 19.7 Å². The topological polar surface area (TPSA) is 72.7 Å². The summed E-state index contributed by atoms with van der Waals surface area (Å²) in [4.78, 5) is 27.4. The molecule has 1 aliphatic heterocycles. The van der Waals surface area contributed by atoms with E-state index in [0.717, 1.165) is 18.8 Å². The molecule has 19 heavy (non-hydrogen) atoms. The second-order valence-corrected chi connectivity index (χ2v) is 5.65. The molecule has 1 aliphatic rings. The lowest BCUT2D eigenvalue weighted by atomic mass is 9.90. The number of amides is 1. The van der Waals surface area contributed by atoms with E-state index in [2.05, 4.69) is 18.7 Å². The minimum absolute atomic E-state index is 0.280. The molecule has 0 atom stereocenters. The van der Waals surface area contributed by atoms with Gasteiger partial charge in [0, 0.05) is 13.1 Å². The fourth-order valence-electron chi connectivity index (χ4n) is 2.49. The van der Waals surface area contributed by atoms with Crippen molar-refractivity contribution in [1.82, 2.24) is 4.90 Å². The minimum atomic E-state index is -0.920. The molecule has 0 spiro atoms. The Balaban J connectivity index is 2.17. The smallest absolute Gasteiger partial charge is 0.295 e. The maximum Gasteiger partial charge on any atom is 0.295 e. The van der Waals surface area contributed by atoms with Crippen LogP contribution in [0.2, 0.25) is 0 Å². The zero-order chi connectivity index (χ0) is 14.3. The quantitative estimate of drug-likeness (QED) is 0.526.